The van der Waals surface area contributed by atoms with Crippen molar-refractivity contribution in [3.8, 4) is 11.1 Å². The SMILES string of the molecule is Cc1cc(F)cc(-c2ccc(Br)cc2C(=O)O)c1. The Morgan fingerprint density at radius 1 is 1.22 bits per heavy atom. The molecule has 0 aliphatic heterocycles. The quantitative estimate of drug-likeness (QED) is 0.900. The van der Waals surface area contributed by atoms with Crippen LogP contribution in [0.3, 0.4) is 0 Å². The number of hydrogen-bond donors (Lipinski definition) is 1. The van der Waals surface area contributed by atoms with Crippen LogP contribution in [0.15, 0.2) is 40.9 Å². The molecule has 0 amide bonds. The van der Waals surface area contributed by atoms with Crippen molar-refractivity contribution in [3.05, 3.63) is 57.8 Å². The van der Waals surface area contributed by atoms with Crippen LogP contribution < -0.4 is 0 Å². The molecule has 0 aliphatic rings. The third-order valence-electron chi connectivity index (χ3n) is 2.57. The van der Waals surface area contributed by atoms with Gasteiger partial charge in [-0.1, -0.05) is 28.1 Å². The zero-order valence-electron chi connectivity index (χ0n) is 9.58. The molecule has 0 bridgehead atoms. The molecule has 0 saturated heterocycles. The van der Waals surface area contributed by atoms with Gasteiger partial charge in [0.2, 0.25) is 0 Å². The van der Waals surface area contributed by atoms with Gasteiger partial charge in [0.05, 0.1) is 5.56 Å². The van der Waals surface area contributed by atoms with Gasteiger partial charge in [0.15, 0.2) is 0 Å². The minimum absolute atomic E-state index is 0.148. The summed E-state index contributed by atoms with van der Waals surface area (Å²) >= 11 is 3.23. The van der Waals surface area contributed by atoms with Crippen LogP contribution in [0.1, 0.15) is 15.9 Å². The van der Waals surface area contributed by atoms with Gasteiger partial charge in [0, 0.05) is 4.47 Å². The van der Waals surface area contributed by atoms with Crippen molar-refractivity contribution in [1.29, 1.82) is 0 Å². The Morgan fingerprint density at radius 2 is 1.94 bits per heavy atom. The molecule has 0 heterocycles. The molecule has 1 N–H and O–H groups in total. The van der Waals surface area contributed by atoms with E-state index in [4.69, 9.17) is 0 Å². The first-order valence-electron chi connectivity index (χ1n) is 5.28. The van der Waals surface area contributed by atoms with Crippen molar-refractivity contribution < 1.29 is 14.3 Å². The molecule has 0 aromatic heterocycles. The van der Waals surface area contributed by atoms with Crippen molar-refractivity contribution in [2.45, 2.75) is 6.92 Å². The second-order valence-corrected chi connectivity index (χ2v) is 4.93. The summed E-state index contributed by atoms with van der Waals surface area (Å²) in [4.78, 5) is 11.2. The fourth-order valence-corrected chi connectivity index (χ4v) is 2.20. The standard InChI is InChI=1S/C14H10BrFO2/c1-8-4-9(6-11(16)5-8)12-3-2-10(15)7-13(12)14(17)18/h2-7H,1H3,(H,17,18). The fraction of sp³-hybridized carbons (Fsp3) is 0.0714. The lowest BCUT2D eigenvalue weighted by molar-refractivity contribution is 0.0697. The maximum absolute atomic E-state index is 13.4. The molecule has 0 unspecified atom stereocenters. The molecule has 2 aromatic rings. The number of hydrogen-bond acceptors (Lipinski definition) is 1. The second kappa shape index (κ2) is 4.90. The third-order valence-corrected chi connectivity index (χ3v) is 3.06. The number of rotatable bonds is 2. The van der Waals surface area contributed by atoms with Crippen LogP contribution in [-0.4, -0.2) is 11.1 Å². The van der Waals surface area contributed by atoms with Crippen molar-refractivity contribution in [2.24, 2.45) is 0 Å². The molecule has 18 heavy (non-hydrogen) atoms. The Bertz CT molecular complexity index is 603. The molecule has 92 valence electrons. The van der Waals surface area contributed by atoms with Crippen molar-refractivity contribution in [1.82, 2.24) is 0 Å². The van der Waals surface area contributed by atoms with Crippen molar-refractivity contribution in [3.63, 3.8) is 0 Å². The highest BCUT2D eigenvalue weighted by atomic mass is 79.9. The Hall–Kier alpha value is -1.68. The molecule has 2 nitrogen and oxygen atoms in total. The Balaban J connectivity index is 2.66. The molecular formula is C14H10BrFO2. The van der Waals surface area contributed by atoms with Crippen LogP contribution in [-0.2, 0) is 0 Å². The predicted molar refractivity (Wildman–Crippen MR) is 71.2 cm³/mol. The minimum Gasteiger partial charge on any atom is -0.478 e. The number of carboxylic acid groups (broad SMARTS) is 1. The van der Waals surface area contributed by atoms with Crippen molar-refractivity contribution in [2.75, 3.05) is 0 Å². The van der Waals surface area contributed by atoms with E-state index in [1.807, 2.05) is 0 Å². The van der Waals surface area contributed by atoms with Gasteiger partial charge in [0.1, 0.15) is 5.82 Å². The van der Waals surface area contributed by atoms with Gasteiger partial charge in [-0.25, -0.2) is 9.18 Å². The van der Waals surface area contributed by atoms with E-state index in [2.05, 4.69) is 15.9 Å². The summed E-state index contributed by atoms with van der Waals surface area (Å²) in [6.45, 7) is 1.77. The predicted octanol–water partition coefficient (Wildman–Crippen LogP) is 4.26. The first-order valence-corrected chi connectivity index (χ1v) is 6.07. The molecule has 2 rings (SSSR count). The smallest absolute Gasteiger partial charge is 0.336 e. The highest BCUT2D eigenvalue weighted by molar-refractivity contribution is 9.10. The van der Waals surface area contributed by atoms with E-state index >= 15 is 0 Å². The first kappa shape index (κ1) is 12.8. The third kappa shape index (κ3) is 2.59. The number of aromatic carboxylic acids is 1. The van der Waals surface area contributed by atoms with Crippen LogP contribution in [0, 0.1) is 12.7 Å². The Morgan fingerprint density at radius 3 is 2.56 bits per heavy atom. The summed E-state index contributed by atoms with van der Waals surface area (Å²) in [6, 6.07) is 9.42. The first-order chi connectivity index (χ1) is 8.47. The fourth-order valence-electron chi connectivity index (χ4n) is 1.84. The van der Waals surface area contributed by atoms with Crippen LogP contribution in [0.4, 0.5) is 4.39 Å². The second-order valence-electron chi connectivity index (χ2n) is 4.01. The molecule has 4 heteroatoms. The van der Waals surface area contributed by atoms with Crippen LogP contribution in [0.2, 0.25) is 0 Å². The average Bonchev–Trinajstić information content (AvgIpc) is 2.27. The van der Waals surface area contributed by atoms with E-state index < -0.39 is 5.97 Å². The van der Waals surface area contributed by atoms with Crippen LogP contribution >= 0.6 is 15.9 Å². The van der Waals surface area contributed by atoms with E-state index in [0.29, 0.717) is 15.6 Å². The van der Waals surface area contributed by atoms with Crippen molar-refractivity contribution >= 4 is 21.9 Å². The zero-order valence-corrected chi connectivity index (χ0v) is 11.2. The molecule has 2 aromatic carbocycles. The number of halogens is 2. The lowest BCUT2D eigenvalue weighted by Gasteiger charge is -2.08. The molecular weight excluding hydrogens is 299 g/mol. The van der Waals surface area contributed by atoms with E-state index in [-0.39, 0.29) is 11.4 Å². The molecule has 0 radical (unpaired) electrons. The molecule has 0 saturated carbocycles. The van der Waals surface area contributed by atoms with Gasteiger partial charge >= 0.3 is 5.97 Å². The summed E-state index contributed by atoms with van der Waals surface area (Å²) < 4.78 is 14.0. The largest absolute Gasteiger partial charge is 0.478 e. The molecule has 0 fully saturated rings. The highest BCUT2D eigenvalue weighted by Crippen LogP contribution is 2.28. The minimum atomic E-state index is -1.03. The summed E-state index contributed by atoms with van der Waals surface area (Å²) in [7, 11) is 0. The maximum atomic E-state index is 13.4. The summed E-state index contributed by atoms with van der Waals surface area (Å²) in [5.74, 6) is -1.41. The van der Waals surface area contributed by atoms with Crippen LogP contribution in [0.5, 0.6) is 0 Å². The van der Waals surface area contributed by atoms with E-state index in [0.717, 1.165) is 5.56 Å². The number of carbonyl (C=O) groups is 1. The highest BCUT2D eigenvalue weighted by Gasteiger charge is 2.13. The Kier molecular flexibility index (Phi) is 3.48. The van der Waals surface area contributed by atoms with E-state index in [1.165, 1.54) is 18.2 Å². The number of carboxylic acids is 1. The number of aryl methyl sites for hydroxylation is 1. The van der Waals surface area contributed by atoms with Gasteiger partial charge in [-0.15, -0.1) is 0 Å². The van der Waals surface area contributed by atoms with Gasteiger partial charge in [-0.3, -0.25) is 0 Å². The summed E-state index contributed by atoms with van der Waals surface area (Å²) in [5.41, 5.74) is 1.98. The Labute approximate surface area is 112 Å². The van der Waals surface area contributed by atoms with Gasteiger partial charge in [-0.2, -0.15) is 0 Å². The van der Waals surface area contributed by atoms with Gasteiger partial charge < -0.3 is 5.11 Å². The van der Waals surface area contributed by atoms with E-state index in [9.17, 15) is 14.3 Å². The lowest BCUT2D eigenvalue weighted by Crippen LogP contribution is -2.00. The summed E-state index contributed by atoms with van der Waals surface area (Å²) in [6.07, 6.45) is 0. The average molecular weight is 309 g/mol. The van der Waals surface area contributed by atoms with E-state index in [1.54, 1.807) is 25.1 Å². The molecule has 0 aliphatic carbocycles. The monoisotopic (exact) mass is 308 g/mol. The number of benzene rings is 2. The molecule has 0 spiro atoms. The zero-order chi connectivity index (χ0) is 13.3. The van der Waals surface area contributed by atoms with Gasteiger partial charge in [0.25, 0.3) is 0 Å². The normalized spacial score (nSPS) is 10.4. The topological polar surface area (TPSA) is 37.3 Å². The van der Waals surface area contributed by atoms with Gasteiger partial charge in [-0.05, 0) is 47.9 Å². The maximum Gasteiger partial charge on any atom is 0.336 e. The molecule has 0 atom stereocenters. The summed E-state index contributed by atoms with van der Waals surface area (Å²) in [5, 5.41) is 9.18. The lowest BCUT2D eigenvalue weighted by atomic mass is 9.98. The van der Waals surface area contributed by atoms with Crippen LogP contribution in [0.25, 0.3) is 11.1 Å².